The Morgan fingerprint density at radius 1 is 1.11 bits per heavy atom. The molecule has 37 heavy (non-hydrogen) atoms. The van der Waals surface area contributed by atoms with Crippen LogP contribution in [0.25, 0.3) is 22.4 Å². The second kappa shape index (κ2) is 9.64. The highest BCUT2D eigenvalue weighted by Gasteiger charge is 2.28. The molecule has 2 aromatic heterocycles. The highest BCUT2D eigenvalue weighted by atomic mass is 32.2. The summed E-state index contributed by atoms with van der Waals surface area (Å²) in [4.78, 5) is 26.6. The van der Waals surface area contributed by atoms with Crippen LogP contribution in [-0.4, -0.2) is 58.0 Å². The van der Waals surface area contributed by atoms with Crippen LogP contribution in [0.3, 0.4) is 0 Å². The Morgan fingerprint density at radius 3 is 2.59 bits per heavy atom. The van der Waals surface area contributed by atoms with E-state index in [9.17, 15) is 18.0 Å². The maximum atomic E-state index is 13.2. The van der Waals surface area contributed by atoms with Crippen LogP contribution < -0.4 is 5.76 Å². The minimum atomic E-state index is -3.98. The van der Waals surface area contributed by atoms with E-state index in [1.807, 2.05) is 10.7 Å². The molecule has 4 aromatic rings. The van der Waals surface area contributed by atoms with E-state index in [-0.39, 0.29) is 22.9 Å². The van der Waals surface area contributed by atoms with Gasteiger partial charge in [0.25, 0.3) is 0 Å². The number of fused-ring (bicyclic) bond motifs is 2. The molecule has 3 heterocycles. The van der Waals surface area contributed by atoms with Gasteiger partial charge in [-0.1, -0.05) is 31.2 Å². The third kappa shape index (κ3) is 4.72. The van der Waals surface area contributed by atoms with Gasteiger partial charge in [-0.25, -0.2) is 13.2 Å². The quantitative estimate of drug-likeness (QED) is 0.384. The molecule has 10 nitrogen and oxygen atoms in total. The highest BCUT2D eigenvalue weighted by molar-refractivity contribution is 7.89. The number of hydrogen-bond donors (Lipinski definition) is 0. The predicted octanol–water partition coefficient (Wildman–Crippen LogP) is 2.61. The van der Waals surface area contributed by atoms with E-state index in [2.05, 4.69) is 31.2 Å². The number of aromatic nitrogens is 3. The van der Waals surface area contributed by atoms with E-state index in [1.165, 1.54) is 35.4 Å². The largest absolute Gasteiger partial charge is 0.419 e. The van der Waals surface area contributed by atoms with Gasteiger partial charge in [-0.15, -0.1) is 0 Å². The molecule has 0 bridgehead atoms. The molecule has 0 fully saturated rings. The molecule has 194 valence electrons. The zero-order valence-corrected chi connectivity index (χ0v) is 21.9. The van der Waals surface area contributed by atoms with E-state index in [1.54, 1.807) is 11.9 Å². The molecular formula is C26H29N5O5S. The van der Waals surface area contributed by atoms with Gasteiger partial charge in [0.05, 0.1) is 34.9 Å². The van der Waals surface area contributed by atoms with Crippen LogP contribution >= 0.6 is 0 Å². The Hall–Kier alpha value is -3.70. The van der Waals surface area contributed by atoms with Crippen molar-refractivity contribution < 1.29 is 17.6 Å². The molecule has 0 atom stereocenters. The van der Waals surface area contributed by atoms with E-state index in [0.29, 0.717) is 25.2 Å². The Bertz CT molecular complexity index is 1630. The maximum absolute atomic E-state index is 13.2. The first-order valence-corrected chi connectivity index (χ1v) is 13.6. The zero-order valence-electron chi connectivity index (χ0n) is 21.0. The van der Waals surface area contributed by atoms with E-state index < -0.39 is 15.8 Å². The van der Waals surface area contributed by atoms with Gasteiger partial charge in [-0.3, -0.25) is 14.0 Å². The fourth-order valence-electron chi connectivity index (χ4n) is 4.56. The number of oxazole rings is 1. The van der Waals surface area contributed by atoms with E-state index >= 15 is 0 Å². The molecule has 0 N–H and O–H groups in total. The van der Waals surface area contributed by atoms with Crippen molar-refractivity contribution in [2.24, 2.45) is 7.05 Å². The molecule has 0 unspecified atom stereocenters. The lowest BCUT2D eigenvalue weighted by Crippen LogP contribution is -2.41. The Labute approximate surface area is 214 Å². The number of rotatable bonds is 6. The highest BCUT2D eigenvalue weighted by Crippen LogP contribution is 2.24. The van der Waals surface area contributed by atoms with Crippen LogP contribution in [0.5, 0.6) is 0 Å². The SMILES string of the molecule is CCc1ccc(-c2cc3n(n2)CCCN(C(=O)CN(C)S(=O)(=O)c2ccc4c(c2)oc(=O)n4C)C3)cc1. The molecule has 0 saturated heterocycles. The number of benzene rings is 2. The summed E-state index contributed by atoms with van der Waals surface area (Å²) in [5.41, 5.74) is 4.71. The standard InChI is InChI=1S/C26H29N5O5S/c1-4-18-6-8-19(9-7-18)22-14-20-16-30(12-5-13-31(20)27-22)25(32)17-28(2)37(34,35)21-10-11-23-24(15-21)36-26(33)29(23)3/h6-11,14-15H,4-5,12-13,16-17H2,1-3H3. The third-order valence-corrected chi connectivity index (χ3v) is 8.65. The van der Waals surface area contributed by atoms with Gasteiger partial charge in [0.1, 0.15) is 0 Å². The molecule has 0 radical (unpaired) electrons. The van der Waals surface area contributed by atoms with Crippen LogP contribution in [0.1, 0.15) is 24.6 Å². The number of carbonyl (C=O) groups is 1. The lowest BCUT2D eigenvalue weighted by molar-refractivity contribution is -0.131. The summed E-state index contributed by atoms with van der Waals surface area (Å²) in [6.45, 7) is 3.36. The fraction of sp³-hybridized carbons (Fsp3) is 0.346. The molecule has 0 spiro atoms. The van der Waals surface area contributed by atoms with Crippen LogP contribution in [0.2, 0.25) is 0 Å². The van der Waals surface area contributed by atoms with Gasteiger partial charge in [0.15, 0.2) is 5.58 Å². The first-order valence-electron chi connectivity index (χ1n) is 12.2. The van der Waals surface area contributed by atoms with Crippen molar-refractivity contribution in [3.05, 3.63) is 70.3 Å². The van der Waals surface area contributed by atoms with Gasteiger partial charge in [-0.2, -0.15) is 9.40 Å². The smallest absolute Gasteiger partial charge is 0.408 e. The molecule has 5 rings (SSSR count). The van der Waals surface area contributed by atoms with Gasteiger partial charge in [0, 0.05) is 38.8 Å². The number of amides is 1. The van der Waals surface area contributed by atoms with E-state index in [4.69, 9.17) is 9.52 Å². The molecule has 1 aliphatic rings. The molecule has 11 heteroatoms. The van der Waals surface area contributed by atoms with Crippen molar-refractivity contribution in [2.45, 2.75) is 37.8 Å². The number of nitrogens with zero attached hydrogens (tertiary/aromatic N) is 5. The van der Waals surface area contributed by atoms with Crippen molar-refractivity contribution in [3.63, 3.8) is 0 Å². The first kappa shape index (κ1) is 25.0. The molecule has 1 aliphatic heterocycles. The summed E-state index contributed by atoms with van der Waals surface area (Å²) in [6, 6.07) is 14.5. The van der Waals surface area contributed by atoms with Gasteiger partial charge in [-0.05, 0) is 36.6 Å². The Kier molecular flexibility index (Phi) is 6.50. The third-order valence-electron chi connectivity index (χ3n) is 6.85. The molecule has 0 saturated carbocycles. The molecule has 0 aliphatic carbocycles. The molecular weight excluding hydrogens is 494 g/mol. The molecule has 2 aromatic carbocycles. The second-order valence-electron chi connectivity index (χ2n) is 9.28. The first-order chi connectivity index (χ1) is 17.7. The van der Waals surface area contributed by atoms with Gasteiger partial charge < -0.3 is 9.32 Å². The van der Waals surface area contributed by atoms with Crippen molar-refractivity contribution >= 4 is 27.0 Å². The van der Waals surface area contributed by atoms with Crippen LogP contribution in [-0.2, 0) is 41.4 Å². The summed E-state index contributed by atoms with van der Waals surface area (Å²) in [5.74, 6) is -0.864. The van der Waals surface area contributed by atoms with Crippen LogP contribution in [0, 0.1) is 0 Å². The summed E-state index contributed by atoms with van der Waals surface area (Å²) >= 11 is 0. The van der Waals surface area contributed by atoms with Gasteiger partial charge in [0.2, 0.25) is 15.9 Å². The topological polar surface area (TPSA) is 111 Å². The minimum absolute atomic E-state index is 0.0441. The monoisotopic (exact) mass is 523 g/mol. The van der Waals surface area contributed by atoms with Crippen molar-refractivity contribution in [2.75, 3.05) is 20.1 Å². The fourth-order valence-corrected chi connectivity index (χ4v) is 5.69. The number of carbonyl (C=O) groups excluding carboxylic acids is 1. The summed E-state index contributed by atoms with van der Waals surface area (Å²) < 4.78 is 35.7. The Balaban J connectivity index is 1.31. The van der Waals surface area contributed by atoms with Gasteiger partial charge >= 0.3 is 5.76 Å². The lowest BCUT2D eigenvalue weighted by atomic mass is 10.1. The number of hydrogen-bond acceptors (Lipinski definition) is 6. The van der Waals surface area contributed by atoms with Crippen molar-refractivity contribution in [3.8, 4) is 11.3 Å². The maximum Gasteiger partial charge on any atom is 0.419 e. The second-order valence-corrected chi connectivity index (χ2v) is 11.3. The number of aryl methyl sites for hydroxylation is 3. The Morgan fingerprint density at radius 2 is 1.86 bits per heavy atom. The normalized spacial score (nSPS) is 14.2. The predicted molar refractivity (Wildman–Crippen MR) is 138 cm³/mol. The molecule has 1 amide bonds. The summed E-state index contributed by atoms with van der Waals surface area (Å²) in [6.07, 6.45) is 1.69. The lowest BCUT2D eigenvalue weighted by Gasteiger charge is -2.23. The van der Waals surface area contributed by atoms with Crippen LogP contribution in [0.15, 0.2) is 62.6 Å². The van der Waals surface area contributed by atoms with Crippen molar-refractivity contribution in [1.29, 1.82) is 0 Å². The number of likely N-dealkylation sites (N-methyl/N-ethyl adjacent to an activating group) is 1. The minimum Gasteiger partial charge on any atom is -0.408 e. The average Bonchev–Trinajstić information content (AvgIpc) is 3.35. The average molecular weight is 524 g/mol. The summed E-state index contributed by atoms with van der Waals surface area (Å²) in [5, 5.41) is 4.74. The zero-order chi connectivity index (χ0) is 26.3. The van der Waals surface area contributed by atoms with Crippen LogP contribution in [0.4, 0.5) is 0 Å². The van der Waals surface area contributed by atoms with E-state index in [0.717, 1.165) is 34.1 Å². The van der Waals surface area contributed by atoms with Crippen molar-refractivity contribution in [1.82, 2.24) is 23.6 Å². The summed E-state index contributed by atoms with van der Waals surface area (Å²) in [7, 11) is -1.06. The number of sulfonamides is 1.